The number of hydrogen-bond donors (Lipinski definition) is 1. The number of hydrogen-bond acceptors (Lipinski definition) is 2. The molecule has 0 aliphatic heterocycles. The second-order valence-corrected chi connectivity index (χ2v) is 4.79. The van der Waals surface area contributed by atoms with Crippen LogP contribution in [-0.4, -0.2) is 5.91 Å². The van der Waals surface area contributed by atoms with Crippen molar-refractivity contribution < 1.29 is 14.0 Å². The number of amides is 1. The monoisotopic (exact) mass is 313 g/mol. The summed E-state index contributed by atoms with van der Waals surface area (Å²) in [5.74, 6) is -0.691. The van der Waals surface area contributed by atoms with Gasteiger partial charge in [0.1, 0.15) is 5.82 Å². The molecule has 1 amide bonds. The molecular weight excluding hydrogens is 304 g/mol. The fourth-order valence-electron chi connectivity index (χ4n) is 1.51. The standard InChI is InChI=1S/C14H10Cl2FNO2/c15-11-4-2-1-3-9(11)7-14(19)18-20-10-5-6-13(17)12(16)8-10/h1-6,8H,7H2,(H,18,19). The lowest BCUT2D eigenvalue weighted by molar-refractivity contribution is -0.126. The Bertz CT molecular complexity index is 634. The average molecular weight is 314 g/mol. The molecule has 0 unspecified atom stereocenters. The molecule has 0 aliphatic carbocycles. The molecule has 0 aromatic heterocycles. The Hall–Kier alpha value is -1.78. The number of rotatable bonds is 4. The van der Waals surface area contributed by atoms with Gasteiger partial charge in [0.2, 0.25) is 0 Å². The normalized spacial score (nSPS) is 10.2. The second kappa shape index (κ2) is 6.59. The van der Waals surface area contributed by atoms with Crippen LogP contribution in [0, 0.1) is 5.82 Å². The van der Waals surface area contributed by atoms with Gasteiger partial charge in [-0.05, 0) is 23.8 Å². The topological polar surface area (TPSA) is 38.3 Å². The van der Waals surface area contributed by atoms with Crippen molar-refractivity contribution in [3.8, 4) is 5.75 Å². The maximum absolute atomic E-state index is 12.9. The third kappa shape index (κ3) is 3.85. The predicted molar refractivity (Wildman–Crippen MR) is 75.3 cm³/mol. The van der Waals surface area contributed by atoms with E-state index < -0.39 is 5.82 Å². The van der Waals surface area contributed by atoms with Gasteiger partial charge in [-0.25, -0.2) is 4.39 Å². The van der Waals surface area contributed by atoms with Crippen LogP contribution in [0.15, 0.2) is 42.5 Å². The zero-order valence-corrected chi connectivity index (χ0v) is 11.7. The third-order valence-corrected chi connectivity index (χ3v) is 3.14. The van der Waals surface area contributed by atoms with Crippen molar-refractivity contribution in [2.45, 2.75) is 6.42 Å². The first kappa shape index (κ1) is 14.6. The molecule has 0 saturated carbocycles. The van der Waals surface area contributed by atoms with E-state index in [1.165, 1.54) is 12.1 Å². The summed E-state index contributed by atoms with van der Waals surface area (Å²) in [5, 5.41) is 0.426. The molecule has 20 heavy (non-hydrogen) atoms. The van der Waals surface area contributed by atoms with E-state index in [4.69, 9.17) is 28.0 Å². The first-order valence-electron chi connectivity index (χ1n) is 5.70. The lowest BCUT2D eigenvalue weighted by atomic mass is 10.1. The fourth-order valence-corrected chi connectivity index (χ4v) is 1.88. The van der Waals surface area contributed by atoms with E-state index in [1.54, 1.807) is 24.3 Å². The summed E-state index contributed by atoms with van der Waals surface area (Å²) < 4.78 is 12.9. The molecule has 2 aromatic rings. The molecule has 3 nitrogen and oxygen atoms in total. The third-order valence-electron chi connectivity index (χ3n) is 2.48. The van der Waals surface area contributed by atoms with Crippen LogP contribution in [0.25, 0.3) is 0 Å². The summed E-state index contributed by atoms with van der Waals surface area (Å²) >= 11 is 11.5. The quantitative estimate of drug-likeness (QED) is 0.872. The smallest absolute Gasteiger partial charge is 0.257 e. The molecule has 1 N–H and O–H groups in total. The molecule has 104 valence electrons. The highest BCUT2D eigenvalue weighted by Crippen LogP contribution is 2.20. The predicted octanol–water partition coefficient (Wildman–Crippen LogP) is 3.79. The van der Waals surface area contributed by atoms with Crippen LogP contribution in [0.5, 0.6) is 5.75 Å². The molecule has 0 aliphatic rings. The van der Waals surface area contributed by atoms with Gasteiger partial charge in [0.25, 0.3) is 5.91 Å². The first-order valence-corrected chi connectivity index (χ1v) is 6.46. The van der Waals surface area contributed by atoms with Crippen molar-refractivity contribution in [3.63, 3.8) is 0 Å². The van der Waals surface area contributed by atoms with Gasteiger partial charge in [0.15, 0.2) is 5.75 Å². The van der Waals surface area contributed by atoms with Crippen LogP contribution in [-0.2, 0) is 11.2 Å². The highest BCUT2D eigenvalue weighted by molar-refractivity contribution is 6.31. The van der Waals surface area contributed by atoms with Crippen LogP contribution in [0.4, 0.5) is 4.39 Å². The number of benzene rings is 2. The van der Waals surface area contributed by atoms with E-state index >= 15 is 0 Å². The van der Waals surface area contributed by atoms with Gasteiger partial charge in [-0.3, -0.25) is 4.79 Å². The second-order valence-electron chi connectivity index (χ2n) is 3.97. The Balaban J connectivity index is 1.92. The van der Waals surface area contributed by atoms with Gasteiger partial charge >= 0.3 is 0 Å². The Kier molecular flexibility index (Phi) is 4.82. The maximum Gasteiger partial charge on any atom is 0.257 e. The molecule has 2 aromatic carbocycles. The van der Waals surface area contributed by atoms with E-state index in [2.05, 4.69) is 5.48 Å². The van der Waals surface area contributed by atoms with Crippen LogP contribution in [0.3, 0.4) is 0 Å². The largest absolute Gasteiger partial charge is 0.379 e. The minimum atomic E-state index is -0.554. The van der Waals surface area contributed by atoms with Crippen molar-refractivity contribution in [1.82, 2.24) is 5.48 Å². The Morgan fingerprint density at radius 1 is 1.15 bits per heavy atom. The SMILES string of the molecule is O=C(Cc1ccccc1Cl)NOc1ccc(F)c(Cl)c1. The number of carbonyl (C=O) groups is 1. The van der Waals surface area contributed by atoms with Gasteiger partial charge in [-0.1, -0.05) is 41.4 Å². The van der Waals surface area contributed by atoms with Crippen LogP contribution in [0.1, 0.15) is 5.56 Å². The van der Waals surface area contributed by atoms with Gasteiger partial charge in [0, 0.05) is 11.1 Å². The summed E-state index contributed by atoms with van der Waals surface area (Å²) in [6.45, 7) is 0. The zero-order chi connectivity index (χ0) is 14.5. The Morgan fingerprint density at radius 2 is 1.90 bits per heavy atom. The van der Waals surface area contributed by atoms with Crippen molar-refractivity contribution in [2.75, 3.05) is 0 Å². The average Bonchev–Trinajstić information content (AvgIpc) is 2.43. The van der Waals surface area contributed by atoms with Crippen LogP contribution in [0.2, 0.25) is 10.0 Å². The van der Waals surface area contributed by atoms with Crippen molar-refractivity contribution >= 4 is 29.1 Å². The molecule has 0 heterocycles. The summed E-state index contributed by atoms with van der Waals surface area (Å²) in [6.07, 6.45) is 0.0780. The molecular formula is C14H10Cl2FNO2. The molecule has 2 rings (SSSR count). The van der Waals surface area contributed by atoms with E-state index in [-0.39, 0.29) is 23.1 Å². The van der Waals surface area contributed by atoms with Gasteiger partial charge in [-0.15, -0.1) is 0 Å². The lowest BCUT2D eigenvalue weighted by Gasteiger charge is -2.08. The number of carbonyl (C=O) groups excluding carboxylic acids is 1. The van der Waals surface area contributed by atoms with Crippen LogP contribution >= 0.6 is 23.2 Å². The summed E-state index contributed by atoms with van der Waals surface area (Å²) in [5.41, 5.74) is 2.93. The minimum Gasteiger partial charge on any atom is -0.379 e. The van der Waals surface area contributed by atoms with Gasteiger partial charge in [-0.2, -0.15) is 5.48 Å². The Morgan fingerprint density at radius 3 is 2.60 bits per heavy atom. The highest BCUT2D eigenvalue weighted by atomic mass is 35.5. The van der Waals surface area contributed by atoms with E-state index in [0.717, 1.165) is 6.07 Å². The van der Waals surface area contributed by atoms with E-state index in [9.17, 15) is 9.18 Å². The zero-order valence-electron chi connectivity index (χ0n) is 10.2. The fraction of sp³-hybridized carbons (Fsp3) is 0.0714. The molecule has 6 heteroatoms. The number of hydroxylamine groups is 1. The molecule has 0 fully saturated rings. The lowest BCUT2D eigenvalue weighted by Crippen LogP contribution is -2.28. The maximum atomic E-state index is 12.9. The van der Waals surface area contributed by atoms with Crippen molar-refractivity contribution in [3.05, 3.63) is 63.9 Å². The summed E-state index contributed by atoms with van der Waals surface area (Å²) in [6, 6.07) is 10.8. The molecule has 0 atom stereocenters. The summed E-state index contributed by atoms with van der Waals surface area (Å²) in [4.78, 5) is 16.7. The van der Waals surface area contributed by atoms with Crippen molar-refractivity contribution in [2.24, 2.45) is 0 Å². The highest BCUT2D eigenvalue weighted by Gasteiger charge is 2.08. The van der Waals surface area contributed by atoms with Gasteiger partial charge in [0.05, 0.1) is 11.4 Å². The molecule has 0 saturated heterocycles. The van der Waals surface area contributed by atoms with E-state index in [1.807, 2.05) is 0 Å². The summed E-state index contributed by atoms with van der Waals surface area (Å²) in [7, 11) is 0. The van der Waals surface area contributed by atoms with E-state index in [0.29, 0.717) is 10.6 Å². The molecule has 0 bridgehead atoms. The van der Waals surface area contributed by atoms with Gasteiger partial charge < -0.3 is 4.84 Å². The van der Waals surface area contributed by atoms with Crippen LogP contribution < -0.4 is 10.3 Å². The number of nitrogens with one attached hydrogen (secondary N) is 1. The minimum absolute atomic E-state index is 0.0780. The molecule has 0 radical (unpaired) electrons. The molecule has 0 spiro atoms. The van der Waals surface area contributed by atoms with Crippen molar-refractivity contribution in [1.29, 1.82) is 0 Å². The number of halogens is 3. The Labute approximate surface area is 125 Å². The first-order chi connectivity index (χ1) is 9.56.